The zero-order valence-corrected chi connectivity index (χ0v) is 11.5. The molecule has 0 amide bonds. The second-order valence-corrected chi connectivity index (χ2v) is 7.57. The number of hydrogen-bond acceptors (Lipinski definition) is 5. The van der Waals surface area contributed by atoms with Crippen LogP contribution in [0.25, 0.3) is 0 Å². The molecule has 0 bridgehead atoms. The second-order valence-electron chi connectivity index (χ2n) is 4.06. The van der Waals surface area contributed by atoms with Gasteiger partial charge in [0.05, 0.1) is 10.8 Å². The van der Waals surface area contributed by atoms with Gasteiger partial charge in [-0.1, -0.05) is 0 Å². The van der Waals surface area contributed by atoms with Gasteiger partial charge in [0.25, 0.3) is 0 Å². The molecule has 16 heavy (non-hydrogen) atoms. The standard InChI is InChI=1S/C10H18N2O2S2/c1-8(7-16(3,13)14)11-5-4-10-12-6-9(2)15-10/h6,8,11H,4-5,7H2,1-3H3. The lowest BCUT2D eigenvalue weighted by Gasteiger charge is -2.11. The predicted octanol–water partition coefficient (Wildman–Crippen LogP) is 1.02. The smallest absolute Gasteiger partial charge is 0.148 e. The molecule has 1 aromatic rings. The molecule has 4 nitrogen and oxygen atoms in total. The molecule has 1 aromatic heterocycles. The van der Waals surface area contributed by atoms with Gasteiger partial charge in [0, 0.05) is 36.3 Å². The van der Waals surface area contributed by atoms with Gasteiger partial charge in [0.2, 0.25) is 0 Å². The second kappa shape index (κ2) is 5.75. The Morgan fingerprint density at radius 1 is 1.56 bits per heavy atom. The van der Waals surface area contributed by atoms with Crippen LogP contribution in [-0.2, 0) is 16.3 Å². The first-order chi connectivity index (χ1) is 7.37. The molecule has 0 saturated heterocycles. The number of sulfone groups is 1. The first kappa shape index (κ1) is 13.6. The molecule has 0 aliphatic rings. The quantitative estimate of drug-likeness (QED) is 0.831. The Balaban J connectivity index is 2.25. The van der Waals surface area contributed by atoms with Crippen molar-refractivity contribution in [2.24, 2.45) is 0 Å². The van der Waals surface area contributed by atoms with E-state index in [1.54, 1.807) is 11.3 Å². The SMILES string of the molecule is Cc1cnc(CCNC(C)CS(C)(=O)=O)s1. The van der Waals surface area contributed by atoms with Crippen molar-refractivity contribution in [3.05, 3.63) is 16.1 Å². The van der Waals surface area contributed by atoms with Crippen molar-refractivity contribution in [1.82, 2.24) is 10.3 Å². The summed E-state index contributed by atoms with van der Waals surface area (Å²) in [5.74, 6) is 0.184. The molecule has 6 heteroatoms. The number of aromatic nitrogens is 1. The molecule has 0 saturated carbocycles. The molecule has 0 radical (unpaired) electrons. The highest BCUT2D eigenvalue weighted by Crippen LogP contribution is 2.10. The minimum atomic E-state index is -2.89. The highest BCUT2D eigenvalue weighted by atomic mass is 32.2. The molecule has 0 spiro atoms. The molecular formula is C10H18N2O2S2. The van der Waals surface area contributed by atoms with Crippen LogP contribution in [0.2, 0.25) is 0 Å². The number of thiazole rings is 1. The summed E-state index contributed by atoms with van der Waals surface area (Å²) in [7, 11) is -2.89. The van der Waals surface area contributed by atoms with Crippen LogP contribution in [0.4, 0.5) is 0 Å². The minimum Gasteiger partial charge on any atom is -0.313 e. The van der Waals surface area contributed by atoms with Crippen LogP contribution in [0.15, 0.2) is 6.20 Å². The largest absolute Gasteiger partial charge is 0.313 e. The van der Waals surface area contributed by atoms with E-state index in [2.05, 4.69) is 10.3 Å². The average molecular weight is 262 g/mol. The Morgan fingerprint density at radius 2 is 2.25 bits per heavy atom. The van der Waals surface area contributed by atoms with Gasteiger partial charge in [0.15, 0.2) is 0 Å². The number of aryl methyl sites for hydroxylation is 1. The van der Waals surface area contributed by atoms with E-state index in [0.29, 0.717) is 0 Å². The molecular weight excluding hydrogens is 244 g/mol. The third-order valence-corrected chi connectivity index (χ3v) is 4.13. The van der Waals surface area contributed by atoms with Crippen molar-refractivity contribution >= 4 is 21.2 Å². The van der Waals surface area contributed by atoms with Crippen molar-refractivity contribution < 1.29 is 8.42 Å². The fourth-order valence-electron chi connectivity index (χ4n) is 1.46. The Bertz CT molecular complexity index is 426. The van der Waals surface area contributed by atoms with Gasteiger partial charge in [-0.05, 0) is 13.8 Å². The maximum atomic E-state index is 11.0. The topological polar surface area (TPSA) is 59.1 Å². The molecule has 1 N–H and O–H groups in total. The Labute approximate surface area is 101 Å². The van der Waals surface area contributed by atoms with Gasteiger partial charge < -0.3 is 5.32 Å². The van der Waals surface area contributed by atoms with E-state index < -0.39 is 9.84 Å². The van der Waals surface area contributed by atoms with Crippen LogP contribution in [0.5, 0.6) is 0 Å². The molecule has 0 fully saturated rings. The molecule has 1 atom stereocenters. The minimum absolute atomic E-state index is 0.00365. The maximum Gasteiger partial charge on any atom is 0.148 e. The van der Waals surface area contributed by atoms with Crippen molar-refractivity contribution in [2.45, 2.75) is 26.3 Å². The highest BCUT2D eigenvalue weighted by Gasteiger charge is 2.09. The Morgan fingerprint density at radius 3 is 2.75 bits per heavy atom. The maximum absolute atomic E-state index is 11.0. The van der Waals surface area contributed by atoms with Crippen LogP contribution < -0.4 is 5.32 Å². The number of nitrogens with one attached hydrogen (secondary N) is 1. The van der Waals surface area contributed by atoms with E-state index in [-0.39, 0.29) is 11.8 Å². The molecule has 0 aliphatic carbocycles. The third-order valence-electron chi connectivity index (χ3n) is 2.05. The van der Waals surface area contributed by atoms with Gasteiger partial charge in [0.1, 0.15) is 9.84 Å². The summed E-state index contributed by atoms with van der Waals surface area (Å²) < 4.78 is 22.1. The van der Waals surface area contributed by atoms with Crippen LogP contribution in [0, 0.1) is 6.92 Å². The molecule has 92 valence electrons. The fourth-order valence-corrected chi connectivity index (χ4v) is 3.27. The van der Waals surface area contributed by atoms with E-state index in [1.165, 1.54) is 11.1 Å². The van der Waals surface area contributed by atoms with Crippen LogP contribution in [-0.4, -0.2) is 38.0 Å². The summed E-state index contributed by atoms with van der Waals surface area (Å²) in [4.78, 5) is 5.46. The predicted molar refractivity (Wildman–Crippen MR) is 67.7 cm³/mol. The van der Waals surface area contributed by atoms with Crippen molar-refractivity contribution in [1.29, 1.82) is 0 Å². The van der Waals surface area contributed by atoms with E-state index in [1.807, 2.05) is 20.0 Å². The summed E-state index contributed by atoms with van der Waals surface area (Å²) >= 11 is 1.68. The lowest BCUT2D eigenvalue weighted by molar-refractivity contribution is 0.561. The van der Waals surface area contributed by atoms with Crippen LogP contribution >= 0.6 is 11.3 Å². The van der Waals surface area contributed by atoms with Crippen molar-refractivity contribution in [3.63, 3.8) is 0 Å². The number of hydrogen-bond donors (Lipinski definition) is 1. The lowest BCUT2D eigenvalue weighted by atomic mass is 10.3. The van der Waals surface area contributed by atoms with Crippen LogP contribution in [0.3, 0.4) is 0 Å². The fraction of sp³-hybridized carbons (Fsp3) is 0.700. The average Bonchev–Trinajstić information content (AvgIpc) is 2.48. The molecule has 0 aromatic carbocycles. The third kappa shape index (κ3) is 5.58. The summed E-state index contributed by atoms with van der Waals surface area (Å²) in [5, 5.41) is 4.28. The number of rotatable bonds is 6. The number of nitrogens with zero attached hydrogens (tertiary/aromatic N) is 1. The van der Waals surface area contributed by atoms with E-state index in [9.17, 15) is 8.42 Å². The zero-order valence-electron chi connectivity index (χ0n) is 9.86. The van der Waals surface area contributed by atoms with Gasteiger partial charge in [-0.3, -0.25) is 0 Å². The molecule has 1 rings (SSSR count). The van der Waals surface area contributed by atoms with Crippen molar-refractivity contribution in [3.8, 4) is 0 Å². The summed E-state index contributed by atoms with van der Waals surface area (Å²) in [6, 6.07) is -0.00365. The highest BCUT2D eigenvalue weighted by molar-refractivity contribution is 7.90. The monoisotopic (exact) mass is 262 g/mol. The lowest BCUT2D eigenvalue weighted by Crippen LogP contribution is -2.34. The van der Waals surface area contributed by atoms with E-state index in [0.717, 1.165) is 18.0 Å². The molecule has 1 unspecified atom stereocenters. The van der Waals surface area contributed by atoms with E-state index in [4.69, 9.17) is 0 Å². The summed E-state index contributed by atoms with van der Waals surface area (Å²) in [6.07, 6.45) is 3.97. The summed E-state index contributed by atoms with van der Waals surface area (Å²) in [6.45, 7) is 4.68. The Hall–Kier alpha value is -0.460. The van der Waals surface area contributed by atoms with Gasteiger partial charge in [-0.2, -0.15) is 0 Å². The van der Waals surface area contributed by atoms with Crippen LogP contribution in [0.1, 0.15) is 16.8 Å². The summed E-state index contributed by atoms with van der Waals surface area (Å²) in [5.41, 5.74) is 0. The normalized spacial score (nSPS) is 13.9. The van der Waals surface area contributed by atoms with Crippen molar-refractivity contribution in [2.75, 3.05) is 18.6 Å². The van der Waals surface area contributed by atoms with Gasteiger partial charge in [-0.15, -0.1) is 11.3 Å². The molecule has 1 heterocycles. The zero-order chi connectivity index (χ0) is 12.2. The first-order valence-electron chi connectivity index (χ1n) is 5.19. The molecule has 0 aliphatic heterocycles. The van der Waals surface area contributed by atoms with E-state index >= 15 is 0 Å². The first-order valence-corrected chi connectivity index (χ1v) is 8.07. The van der Waals surface area contributed by atoms with Gasteiger partial charge >= 0.3 is 0 Å². The Kier molecular flexibility index (Phi) is 4.89. The van der Waals surface area contributed by atoms with Gasteiger partial charge in [-0.25, -0.2) is 13.4 Å².